The molecule has 2 N–H and O–H groups in total. The van der Waals surface area contributed by atoms with Gasteiger partial charge in [-0.05, 0) is 30.3 Å². The van der Waals surface area contributed by atoms with Gasteiger partial charge in [-0.1, -0.05) is 25.6 Å². The molecular formula is C19H22N4O2S. The number of rotatable bonds is 6. The first kappa shape index (κ1) is 18.3. The van der Waals surface area contributed by atoms with Crippen LogP contribution in [0.4, 0.5) is 5.13 Å². The van der Waals surface area contributed by atoms with E-state index in [0.29, 0.717) is 17.2 Å². The smallest absolute Gasteiger partial charge is 0.257 e. The van der Waals surface area contributed by atoms with Crippen LogP contribution in [0.2, 0.25) is 0 Å². The quantitative estimate of drug-likeness (QED) is 0.767. The highest BCUT2D eigenvalue weighted by atomic mass is 32.1. The second-order valence-corrected chi connectivity index (χ2v) is 7.16. The molecule has 0 fully saturated rings. The number of nitrogens with one attached hydrogen (secondary N) is 2. The molecule has 1 aliphatic heterocycles. The van der Waals surface area contributed by atoms with E-state index in [2.05, 4.69) is 34.0 Å². The zero-order valence-electron chi connectivity index (χ0n) is 14.7. The number of aromatic nitrogens is 1. The molecule has 26 heavy (non-hydrogen) atoms. The van der Waals surface area contributed by atoms with Gasteiger partial charge >= 0.3 is 0 Å². The average Bonchev–Trinajstić information content (AvgIpc) is 3.07. The summed E-state index contributed by atoms with van der Waals surface area (Å²) in [5, 5.41) is 6.25. The molecule has 3 rings (SSSR count). The van der Waals surface area contributed by atoms with Gasteiger partial charge in [0, 0.05) is 36.5 Å². The van der Waals surface area contributed by atoms with Crippen molar-refractivity contribution in [2.75, 3.05) is 18.4 Å². The lowest BCUT2D eigenvalue weighted by molar-refractivity contribution is -0.116. The van der Waals surface area contributed by atoms with Crippen molar-refractivity contribution in [1.29, 1.82) is 0 Å². The van der Waals surface area contributed by atoms with Crippen LogP contribution in [0.5, 0.6) is 0 Å². The third-order valence-corrected chi connectivity index (χ3v) is 5.34. The van der Waals surface area contributed by atoms with Crippen LogP contribution in [0.25, 0.3) is 0 Å². The fourth-order valence-corrected chi connectivity index (χ4v) is 3.82. The Morgan fingerprint density at radius 3 is 2.81 bits per heavy atom. The van der Waals surface area contributed by atoms with Crippen molar-refractivity contribution in [2.24, 2.45) is 0 Å². The first-order valence-corrected chi connectivity index (χ1v) is 9.42. The molecule has 0 saturated carbocycles. The SMILES string of the molecule is C=CC(=O)NCc1ccc(C(=O)Nc2nc3c(s2)CN(CC)CC3)cc1. The number of hydrogen-bond donors (Lipinski definition) is 2. The number of carbonyl (C=O) groups is 2. The summed E-state index contributed by atoms with van der Waals surface area (Å²) in [6, 6.07) is 7.14. The fourth-order valence-electron chi connectivity index (χ4n) is 2.78. The molecule has 2 amide bonds. The van der Waals surface area contributed by atoms with Crippen molar-refractivity contribution in [3.63, 3.8) is 0 Å². The van der Waals surface area contributed by atoms with Crippen LogP contribution in [0, 0.1) is 0 Å². The average molecular weight is 370 g/mol. The molecule has 1 aliphatic rings. The van der Waals surface area contributed by atoms with Crippen molar-refractivity contribution in [1.82, 2.24) is 15.2 Å². The van der Waals surface area contributed by atoms with Gasteiger partial charge in [-0.15, -0.1) is 11.3 Å². The highest BCUT2D eigenvalue weighted by Crippen LogP contribution is 2.28. The maximum atomic E-state index is 12.4. The third kappa shape index (κ3) is 4.36. The fraction of sp³-hybridized carbons (Fsp3) is 0.316. The van der Waals surface area contributed by atoms with Gasteiger partial charge in [0.15, 0.2) is 5.13 Å². The van der Waals surface area contributed by atoms with E-state index >= 15 is 0 Å². The summed E-state index contributed by atoms with van der Waals surface area (Å²) < 4.78 is 0. The molecule has 0 unspecified atom stereocenters. The Bertz CT molecular complexity index is 813. The standard InChI is InChI=1S/C19H22N4O2S/c1-3-17(24)20-11-13-5-7-14(8-6-13)18(25)22-19-21-15-9-10-23(4-2)12-16(15)26-19/h3,5-8H,1,4,9-12H2,2H3,(H,20,24)(H,21,22,25). The summed E-state index contributed by atoms with van der Waals surface area (Å²) in [6.07, 6.45) is 2.16. The maximum Gasteiger partial charge on any atom is 0.257 e. The molecule has 1 aromatic heterocycles. The van der Waals surface area contributed by atoms with Crippen molar-refractivity contribution < 1.29 is 9.59 Å². The molecular weight excluding hydrogens is 348 g/mol. The highest BCUT2D eigenvalue weighted by molar-refractivity contribution is 7.15. The van der Waals surface area contributed by atoms with Crippen LogP contribution < -0.4 is 10.6 Å². The van der Waals surface area contributed by atoms with Crippen molar-refractivity contribution in [3.05, 3.63) is 58.6 Å². The Labute approximate surface area is 156 Å². The maximum absolute atomic E-state index is 12.4. The lowest BCUT2D eigenvalue weighted by Gasteiger charge is -2.23. The Hall–Kier alpha value is -2.51. The third-order valence-electron chi connectivity index (χ3n) is 4.35. The Morgan fingerprint density at radius 1 is 1.35 bits per heavy atom. The van der Waals surface area contributed by atoms with E-state index in [-0.39, 0.29) is 11.8 Å². The lowest BCUT2D eigenvalue weighted by Crippen LogP contribution is -2.29. The van der Waals surface area contributed by atoms with Gasteiger partial charge in [0.1, 0.15) is 0 Å². The summed E-state index contributed by atoms with van der Waals surface area (Å²) in [4.78, 5) is 31.8. The zero-order chi connectivity index (χ0) is 18.5. The number of amides is 2. The van der Waals surface area contributed by atoms with Crippen molar-refractivity contribution in [2.45, 2.75) is 26.4 Å². The highest BCUT2D eigenvalue weighted by Gasteiger charge is 2.20. The normalized spacial score (nSPS) is 13.7. The van der Waals surface area contributed by atoms with Crippen molar-refractivity contribution >= 4 is 28.3 Å². The number of hydrogen-bond acceptors (Lipinski definition) is 5. The van der Waals surface area contributed by atoms with E-state index in [1.807, 2.05) is 12.1 Å². The van der Waals surface area contributed by atoms with Gasteiger partial charge < -0.3 is 5.32 Å². The molecule has 0 saturated heterocycles. The van der Waals surface area contributed by atoms with E-state index in [1.165, 1.54) is 11.0 Å². The van der Waals surface area contributed by atoms with Crippen LogP contribution in [0.15, 0.2) is 36.9 Å². The summed E-state index contributed by atoms with van der Waals surface area (Å²) >= 11 is 1.55. The Balaban J connectivity index is 1.61. The number of likely N-dealkylation sites (N-methyl/N-ethyl adjacent to an activating group) is 1. The largest absolute Gasteiger partial charge is 0.348 e. The predicted octanol–water partition coefficient (Wildman–Crippen LogP) is 2.58. The summed E-state index contributed by atoms with van der Waals surface area (Å²) in [5.74, 6) is -0.397. The topological polar surface area (TPSA) is 74.3 Å². The van der Waals surface area contributed by atoms with Gasteiger partial charge in [-0.25, -0.2) is 4.98 Å². The number of fused-ring (bicyclic) bond motifs is 1. The number of carbonyl (C=O) groups excluding carboxylic acids is 2. The number of anilines is 1. The van der Waals surface area contributed by atoms with Gasteiger partial charge in [0.05, 0.1) is 5.69 Å². The zero-order valence-corrected chi connectivity index (χ0v) is 15.6. The minimum absolute atomic E-state index is 0.176. The van der Waals surface area contributed by atoms with Gasteiger partial charge in [-0.3, -0.25) is 19.8 Å². The molecule has 1 aromatic carbocycles. The number of thiazole rings is 1. The molecule has 136 valence electrons. The lowest BCUT2D eigenvalue weighted by atomic mass is 10.1. The van der Waals surface area contributed by atoms with Crippen LogP contribution in [0.3, 0.4) is 0 Å². The summed E-state index contributed by atoms with van der Waals surface area (Å²) in [7, 11) is 0. The molecule has 7 heteroatoms. The molecule has 2 aromatic rings. The Morgan fingerprint density at radius 2 is 2.12 bits per heavy atom. The van der Waals surface area contributed by atoms with E-state index in [1.54, 1.807) is 23.5 Å². The first-order valence-electron chi connectivity index (χ1n) is 8.60. The first-order chi connectivity index (χ1) is 12.6. The predicted molar refractivity (Wildman–Crippen MR) is 103 cm³/mol. The van der Waals surface area contributed by atoms with E-state index in [4.69, 9.17) is 0 Å². The minimum atomic E-state index is -0.221. The van der Waals surface area contributed by atoms with Crippen LogP contribution in [-0.2, 0) is 24.3 Å². The van der Waals surface area contributed by atoms with Gasteiger partial charge in [0.25, 0.3) is 5.91 Å². The molecule has 0 bridgehead atoms. The second kappa shape index (κ2) is 8.25. The molecule has 2 heterocycles. The van der Waals surface area contributed by atoms with Crippen LogP contribution in [0.1, 0.15) is 33.4 Å². The molecule has 0 spiro atoms. The summed E-state index contributed by atoms with van der Waals surface area (Å²) in [6.45, 7) is 8.92. The van der Waals surface area contributed by atoms with E-state index < -0.39 is 0 Å². The number of nitrogens with zero attached hydrogens (tertiary/aromatic N) is 2. The Kier molecular flexibility index (Phi) is 5.80. The van der Waals surface area contributed by atoms with Crippen LogP contribution in [-0.4, -0.2) is 34.8 Å². The molecule has 0 aliphatic carbocycles. The van der Waals surface area contributed by atoms with Gasteiger partial charge in [0.2, 0.25) is 5.91 Å². The van der Waals surface area contributed by atoms with Crippen LogP contribution >= 0.6 is 11.3 Å². The van der Waals surface area contributed by atoms with E-state index in [9.17, 15) is 9.59 Å². The van der Waals surface area contributed by atoms with Gasteiger partial charge in [-0.2, -0.15) is 0 Å². The minimum Gasteiger partial charge on any atom is -0.348 e. The van der Waals surface area contributed by atoms with Crippen molar-refractivity contribution in [3.8, 4) is 0 Å². The number of benzene rings is 1. The monoisotopic (exact) mass is 370 g/mol. The molecule has 6 nitrogen and oxygen atoms in total. The molecule has 0 atom stereocenters. The summed E-state index contributed by atoms with van der Waals surface area (Å²) in [5.41, 5.74) is 2.58. The van der Waals surface area contributed by atoms with E-state index in [0.717, 1.165) is 37.3 Å². The second-order valence-electron chi connectivity index (χ2n) is 6.08. The molecule has 0 radical (unpaired) electrons.